The predicted octanol–water partition coefficient (Wildman–Crippen LogP) is 7.99. The molecule has 4 nitrogen and oxygen atoms in total. The van der Waals surface area contributed by atoms with Gasteiger partial charge in [0.05, 0.1) is 17.4 Å². The summed E-state index contributed by atoms with van der Waals surface area (Å²) in [4.78, 5) is 9.42. The van der Waals surface area contributed by atoms with Crippen LogP contribution in [0.3, 0.4) is 0 Å². The zero-order chi connectivity index (χ0) is 24.5. The lowest BCUT2D eigenvalue weighted by Gasteiger charge is -2.25. The molecule has 0 saturated carbocycles. The molecule has 0 unspecified atom stereocenters. The Hall–Kier alpha value is -3.24. The van der Waals surface area contributed by atoms with Gasteiger partial charge in [0.1, 0.15) is 0 Å². The Labute approximate surface area is 207 Å². The van der Waals surface area contributed by atoms with E-state index in [0.717, 1.165) is 27.7 Å². The van der Waals surface area contributed by atoms with Gasteiger partial charge in [0.25, 0.3) is 0 Å². The van der Waals surface area contributed by atoms with E-state index in [2.05, 4.69) is 75.3 Å². The number of aromatic nitrogens is 2. The van der Waals surface area contributed by atoms with Crippen LogP contribution in [0.25, 0.3) is 22.2 Å². The zero-order valence-corrected chi connectivity index (χ0v) is 21.4. The molecule has 34 heavy (non-hydrogen) atoms. The number of nitrogens with zero attached hydrogens (tertiary/aromatic N) is 3. The summed E-state index contributed by atoms with van der Waals surface area (Å²) in [6.07, 6.45) is 1.84. The normalized spacial score (nSPS) is 12.4. The van der Waals surface area contributed by atoms with Crippen molar-refractivity contribution in [3.63, 3.8) is 0 Å². The minimum absolute atomic E-state index is 0.0462. The highest BCUT2D eigenvalue weighted by molar-refractivity contribution is 6.31. The first kappa shape index (κ1) is 23.9. The fraction of sp³-hybridized carbons (Fsp3) is 0.276. The molecule has 1 N–H and O–H groups in total. The lowest BCUT2D eigenvalue weighted by molar-refractivity contribution is 0.568. The Morgan fingerprint density at radius 1 is 0.794 bits per heavy atom. The lowest BCUT2D eigenvalue weighted by Crippen LogP contribution is -2.17. The molecule has 0 aliphatic carbocycles. The molecule has 0 fully saturated rings. The van der Waals surface area contributed by atoms with Crippen LogP contribution in [0.1, 0.15) is 58.2 Å². The quantitative estimate of drug-likeness (QED) is 0.243. The average molecular weight is 471 g/mol. The van der Waals surface area contributed by atoms with E-state index in [0.29, 0.717) is 11.0 Å². The Kier molecular flexibility index (Phi) is 6.46. The van der Waals surface area contributed by atoms with E-state index in [-0.39, 0.29) is 10.8 Å². The van der Waals surface area contributed by atoms with Crippen molar-refractivity contribution in [3.8, 4) is 11.3 Å². The van der Waals surface area contributed by atoms with Crippen molar-refractivity contribution in [2.75, 3.05) is 5.43 Å². The van der Waals surface area contributed by atoms with Gasteiger partial charge in [-0.25, -0.2) is 15.4 Å². The molecular formula is C29H31ClN4. The van der Waals surface area contributed by atoms with Crippen LogP contribution in [-0.2, 0) is 10.8 Å². The van der Waals surface area contributed by atoms with Crippen molar-refractivity contribution in [3.05, 3.63) is 88.4 Å². The molecule has 174 valence electrons. The third kappa shape index (κ3) is 5.45. The number of benzene rings is 3. The second-order valence-electron chi connectivity index (χ2n) is 10.6. The third-order valence-electron chi connectivity index (χ3n) is 5.77. The topological polar surface area (TPSA) is 50.2 Å². The van der Waals surface area contributed by atoms with Crippen LogP contribution < -0.4 is 5.43 Å². The number of nitrogens with one attached hydrogen (secondary N) is 1. The van der Waals surface area contributed by atoms with Crippen LogP contribution in [0.15, 0.2) is 71.8 Å². The number of halogens is 1. The van der Waals surface area contributed by atoms with E-state index in [1.54, 1.807) is 0 Å². The van der Waals surface area contributed by atoms with Gasteiger partial charge in [0, 0.05) is 16.0 Å². The molecule has 5 heteroatoms. The van der Waals surface area contributed by atoms with Gasteiger partial charge >= 0.3 is 0 Å². The summed E-state index contributed by atoms with van der Waals surface area (Å²) in [5.41, 5.74) is 9.36. The van der Waals surface area contributed by atoms with Crippen molar-refractivity contribution in [2.24, 2.45) is 5.10 Å². The number of hydrogen-bond acceptors (Lipinski definition) is 4. The van der Waals surface area contributed by atoms with Gasteiger partial charge in [-0.2, -0.15) is 5.10 Å². The molecule has 0 radical (unpaired) electrons. The van der Waals surface area contributed by atoms with Gasteiger partial charge in [-0.3, -0.25) is 0 Å². The predicted molar refractivity (Wildman–Crippen MR) is 145 cm³/mol. The Bertz CT molecular complexity index is 1310. The molecule has 0 saturated heterocycles. The molecule has 0 aliphatic rings. The largest absolute Gasteiger partial charge is 0.245 e. The van der Waals surface area contributed by atoms with E-state index in [1.165, 1.54) is 11.1 Å². The molecule has 4 rings (SSSR count). The van der Waals surface area contributed by atoms with Crippen molar-refractivity contribution >= 4 is 34.7 Å². The summed E-state index contributed by atoms with van der Waals surface area (Å²) in [5, 5.41) is 6.05. The Morgan fingerprint density at radius 2 is 1.44 bits per heavy atom. The zero-order valence-electron chi connectivity index (χ0n) is 20.6. The van der Waals surface area contributed by atoms with Crippen molar-refractivity contribution in [2.45, 2.75) is 52.4 Å². The summed E-state index contributed by atoms with van der Waals surface area (Å²) >= 11 is 6.26. The van der Waals surface area contributed by atoms with E-state index >= 15 is 0 Å². The smallest absolute Gasteiger partial charge is 0.244 e. The van der Waals surface area contributed by atoms with Crippen LogP contribution in [0.2, 0.25) is 5.02 Å². The monoisotopic (exact) mass is 470 g/mol. The molecule has 0 spiro atoms. The SMILES string of the molecule is CC(C)(C)c1cc(/C=N\Nc2nc(-c3ccccc3)c3cc(Cl)ccc3n2)cc(C(C)(C)C)c1. The van der Waals surface area contributed by atoms with Gasteiger partial charge in [0.15, 0.2) is 0 Å². The van der Waals surface area contributed by atoms with Crippen LogP contribution in [0.4, 0.5) is 5.95 Å². The van der Waals surface area contributed by atoms with E-state index in [9.17, 15) is 0 Å². The maximum atomic E-state index is 6.26. The highest BCUT2D eigenvalue weighted by atomic mass is 35.5. The summed E-state index contributed by atoms with van der Waals surface area (Å²) in [5.74, 6) is 0.438. The maximum absolute atomic E-state index is 6.26. The summed E-state index contributed by atoms with van der Waals surface area (Å²) in [6, 6.07) is 22.4. The first-order valence-electron chi connectivity index (χ1n) is 11.5. The first-order chi connectivity index (χ1) is 16.0. The number of fused-ring (bicyclic) bond motifs is 1. The fourth-order valence-electron chi connectivity index (χ4n) is 3.72. The van der Waals surface area contributed by atoms with Crippen molar-refractivity contribution in [1.29, 1.82) is 0 Å². The van der Waals surface area contributed by atoms with Gasteiger partial charge in [0.2, 0.25) is 5.95 Å². The standard InChI is InChI=1S/C29H31ClN4/c1-28(2,3)21-14-19(15-22(16-21)29(4,5)6)18-31-34-27-32-25-13-12-23(30)17-24(25)26(33-27)20-10-8-7-9-11-20/h7-18H,1-6H3,(H,32,33,34)/b31-18-. The van der Waals surface area contributed by atoms with Crippen LogP contribution in [0, 0.1) is 0 Å². The van der Waals surface area contributed by atoms with Gasteiger partial charge in [-0.05, 0) is 57.9 Å². The summed E-state index contributed by atoms with van der Waals surface area (Å²) < 4.78 is 0. The first-order valence-corrected chi connectivity index (χ1v) is 11.9. The molecule has 0 amide bonds. The van der Waals surface area contributed by atoms with E-state index < -0.39 is 0 Å². The van der Waals surface area contributed by atoms with Gasteiger partial charge in [-0.15, -0.1) is 0 Å². The molecule has 4 aromatic rings. The molecule has 3 aromatic carbocycles. The second kappa shape index (κ2) is 9.19. The molecule has 1 aromatic heterocycles. The van der Waals surface area contributed by atoms with Crippen LogP contribution >= 0.6 is 11.6 Å². The molecule has 0 aliphatic heterocycles. The number of hydrogen-bond donors (Lipinski definition) is 1. The Balaban J connectivity index is 1.70. The Morgan fingerprint density at radius 3 is 2.06 bits per heavy atom. The lowest BCUT2D eigenvalue weighted by atomic mass is 9.80. The highest BCUT2D eigenvalue weighted by Crippen LogP contribution is 2.31. The maximum Gasteiger partial charge on any atom is 0.244 e. The number of hydrazone groups is 1. The van der Waals surface area contributed by atoms with Crippen molar-refractivity contribution < 1.29 is 0 Å². The van der Waals surface area contributed by atoms with Crippen LogP contribution in [-0.4, -0.2) is 16.2 Å². The van der Waals surface area contributed by atoms with Crippen LogP contribution in [0.5, 0.6) is 0 Å². The minimum Gasteiger partial charge on any atom is -0.245 e. The summed E-state index contributed by atoms with van der Waals surface area (Å²) in [7, 11) is 0. The third-order valence-corrected chi connectivity index (χ3v) is 6.01. The van der Waals surface area contributed by atoms with Gasteiger partial charge in [-0.1, -0.05) is 89.5 Å². The molecular weight excluding hydrogens is 440 g/mol. The molecule has 1 heterocycles. The second-order valence-corrected chi connectivity index (χ2v) is 11.1. The average Bonchev–Trinajstić information content (AvgIpc) is 2.78. The molecule has 0 bridgehead atoms. The number of rotatable bonds is 4. The van der Waals surface area contributed by atoms with E-state index in [4.69, 9.17) is 16.6 Å². The molecule has 0 atom stereocenters. The van der Waals surface area contributed by atoms with Crippen molar-refractivity contribution in [1.82, 2.24) is 9.97 Å². The highest BCUT2D eigenvalue weighted by Gasteiger charge is 2.20. The van der Waals surface area contributed by atoms with Gasteiger partial charge < -0.3 is 0 Å². The van der Waals surface area contributed by atoms with E-state index in [1.807, 2.05) is 54.7 Å². The fourth-order valence-corrected chi connectivity index (χ4v) is 3.90. The minimum atomic E-state index is 0.0462. The summed E-state index contributed by atoms with van der Waals surface area (Å²) in [6.45, 7) is 13.4. The number of anilines is 1.